The Morgan fingerprint density at radius 3 is 2.53 bits per heavy atom. The van der Waals surface area contributed by atoms with Gasteiger partial charge in [-0.15, -0.1) is 0 Å². The van der Waals surface area contributed by atoms with E-state index in [1.54, 1.807) is 12.1 Å². The first-order valence-corrected chi connectivity index (χ1v) is 4.51. The standard InChI is InChI=1S/C11H10FN3/c1-7-2-3-10(12)9(4-7)8-5-14-11(13)15-6-8/h2-6H,1H3,(H2,13,14,15). The summed E-state index contributed by atoms with van der Waals surface area (Å²) in [4.78, 5) is 7.65. The number of nitrogen functional groups attached to an aromatic ring is 1. The van der Waals surface area contributed by atoms with Crippen LogP contribution in [0.3, 0.4) is 0 Å². The molecule has 1 aromatic carbocycles. The van der Waals surface area contributed by atoms with Gasteiger partial charge in [-0.1, -0.05) is 11.6 Å². The van der Waals surface area contributed by atoms with Crippen LogP contribution in [-0.2, 0) is 0 Å². The minimum absolute atomic E-state index is 0.187. The third-order valence-electron chi connectivity index (χ3n) is 2.10. The lowest BCUT2D eigenvalue weighted by Gasteiger charge is -2.03. The first-order valence-electron chi connectivity index (χ1n) is 4.51. The fourth-order valence-corrected chi connectivity index (χ4v) is 1.34. The predicted molar refractivity (Wildman–Crippen MR) is 56.6 cm³/mol. The van der Waals surface area contributed by atoms with Gasteiger partial charge in [-0.3, -0.25) is 0 Å². The molecule has 0 spiro atoms. The second kappa shape index (κ2) is 3.65. The zero-order valence-corrected chi connectivity index (χ0v) is 8.24. The Morgan fingerprint density at radius 1 is 1.20 bits per heavy atom. The van der Waals surface area contributed by atoms with Crippen molar-refractivity contribution in [3.63, 3.8) is 0 Å². The Bertz CT molecular complexity index is 480. The normalized spacial score (nSPS) is 10.3. The quantitative estimate of drug-likeness (QED) is 0.772. The van der Waals surface area contributed by atoms with Gasteiger partial charge in [-0.25, -0.2) is 14.4 Å². The van der Waals surface area contributed by atoms with Crippen LogP contribution in [0.5, 0.6) is 0 Å². The van der Waals surface area contributed by atoms with Crippen molar-refractivity contribution in [1.82, 2.24) is 9.97 Å². The minimum atomic E-state index is -0.283. The highest BCUT2D eigenvalue weighted by Gasteiger charge is 2.05. The zero-order valence-electron chi connectivity index (χ0n) is 8.24. The molecule has 0 saturated heterocycles. The van der Waals surface area contributed by atoms with Gasteiger partial charge in [0, 0.05) is 23.5 Å². The summed E-state index contributed by atoms with van der Waals surface area (Å²) >= 11 is 0. The molecule has 3 nitrogen and oxygen atoms in total. The van der Waals surface area contributed by atoms with E-state index in [-0.39, 0.29) is 11.8 Å². The van der Waals surface area contributed by atoms with E-state index in [1.807, 2.05) is 6.92 Å². The van der Waals surface area contributed by atoms with Crippen LogP contribution in [0.4, 0.5) is 10.3 Å². The van der Waals surface area contributed by atoms with E-state index in [9.17, 15) is 4.39 Å². The van der Waals surface area contributed by atoms with E-state index in [2.05, 4.69) is 9.97 Å². The van der Waals surface area contributed by atoms with Crippen LogP contribution >= 0.6 is 0 Å². The van der Waals surface area contributed by atoms with Crippen LogP contribution in [0.2, 0.25) is 0 Å². The number of aryl methyl sites for hydroxylation is 1. The first kappa shape index (κ1) is 9.58. The lowest BCUT2D eigenvalue weighted by atomic mass is 10.1. The van der Waals surface area contributed by atoms with Gasteiger partial charge in [-0.2, -0.15) is 0 Å². The maximum atomic E-state index is 13.5. The summed E-state index contributed by atoms with van der Waals surface area (Å²) in [6.45, 7) is 1.90. The van der Waals surface area contributed by atoms with Gasteiger partial charge in [0.25, 0.3) is 0 Å². The maximum absolute atomic E-state index is 13.5. The van der Waals surface area contributed by atoms with E-state index >= 15 is 0 Å². The van der Waals surface area contributed by atoms with Crippen molar-refractivity contribution in [3.8, 4) is 11.1 Å². The molecule has 0 unspecified atom stereocenters. The molecule has 1 heterocycles. The number of anilines is 1. The van der Waals surface area contributed by atoms with E-state index < -0.39 is 0 Å². The second-order valence-electron chi connectivity index (χ2n) is 3.31. The third kappa shape index (κ3) is 1.93. The molecule has 2 rings (SSSR count). The van der Waals surface area contributed by atoms with Crippen LogP contribution in [0, 0.1) is 12.7 Å². The van der Waals surface area contributed by atoms with E-state index in [0.29, 0.717) is 11.1 Å². The van der Waals surface area contributed by atoms with E-state index in [4.69, 9.17) is 5.73 Å². The summed E-state index contributed by atoms with van der Waals surface area (Å²) in [7, 11) is 0. The lowest BCUT2D eigenvalue weighted by Crippen LogP contribution is -1.94. The minimum Gasteiger partial charge on any atom is -0.368 e. The number of halogens is 1. The lowest BCUT2D eigenvalue weighted by molar-refractivity contribution is 0.630. The van der Waals surface area contributed by atoms with Crippen molar-refractivity contribution in [3.05, 3.63) is 42.0 Å². The molecule has 1 aromatic heterocycles. The summed E-state index contributed by atoms with van der Waals surface area (Å²) in [6, 6.07) is 4.90. The van der Waals surface area contributed by atoms with E-state index in [1.165, 1.54) is 18.5 Å². The SMILES string of the molecule is Cc1ccc(F)c(-c2cnc(N)nc2)c1. The summed E-state index contributed by atoms with van der Waals surface area (Å²) in [5, 5.41) is 0. The molecule has 2 aromatic rings. The highest BCUT2D eigenvalue weighted by atomic mass is 19.1. The smallest absolute Gasteiger partial charge is 0.219 e. The average molecular weight is 203 g/mol. The third-order valence-corrected chi connectivity index (χ3v) is 2.10. The highest BCUT2D eigenvalue weighted by Crippen LogP contribution is 2.22. The monoisotopic (exact) mass is 203 g/mol. The Morgan fingerprint density at radius 2 is 1.87 bits per heavy atom. The largest absolute Gasteiger partial charge is 0.368 e. The number of benzene rings is 1. The molecule has 0 bridgehead atoms. The van der Waals surface area contributed by atoms with Gasteiger partial charge in [0.05, 0.1) is 0 Å². The molecule has 0 aliphatic rings. The average Bonchev–Trinajstić information content (AvgIpc) is 2.23. The van der Waals surface area contributed by atoms with Crippen molar-refractivity contribution in [2.75, 3.05) is 5.73 Å². The molecule has 0 aliphatic heterocycles. The van der Waals surface area contributed by atoms with Crippen LogP contribution in [-0.4, -0.2) is 9.97 Å². The van der Waals surface area contributed by atoms with Gasteiger partial charge in [-0.05, 0) is 19.1 Å². The molecule has 0 atom stereocenters. The highest BCUT2D eigenvalue weighted by molar-refractivity contribution is 5.63. The topological polar surface area (TPSA) is 51.8 Å². The first-order chi connectivity index (χ1) is 7.16. The number of hydrogen-bond acceptors (Lipinski definition) is 3. The van der Waals surface area contributed by atoms with E-state index in [0.717, 1.165) is 5.56 Å². The molecular weight excluding hydrogens is 193 g/mol. The van der Waals surface area contributed by atoms with Crippen molar-refractivity contribution in [2.45, 2.75) is 6.92 Å². The van der Waals surface area contributed by atoms with Crippen molar-refractivity contribution in [2.24, 2.45) is 0 Å². The molecular formula is C11H10FN3. The van der Waals surface area contributed by atoms with Gasteiger partial charge in [0.15, 0.2) is 0 Å². The zero-order chi connectivity index (χ0) is 10.8. The molecule has 0 saturated carbocycles. The molecule has 0 aliphatic carbocycles. The molecule has 15 heavy (non-hydrogen) atoms. The molecule has 4 heteroatoms. The van der Waals surface area contributed by atoms with Crippen molar-refractivity contribution in [1.29, 1.82) is 0 Å². The number of rotatable bonds is 1. The van der Waals surface area contributed by atoms with Gasteiger partial charge < -0.3 is 5.73 Å². The Hall–Kier alpha value is -1.97. The second-order valence-corrected chi connectivity index (χ2v) is 3.31. The predicted octanol–water partition coefficient (Wildman–Crippen LogP) is 2.17. The summed E-state index contributed by atoms with van der Waals surface area (Å²) in [5.41, 5.74) is 7.47. The van der Waals surface area contributed by atoms with Crippen LogP contribution < -0.4 is 5.73 Å². The van der Waals surface area contributed by atoms with Crippen LogP contribution in [0.15, 0.2) is 30.6 Å². The Balaban J connectivity index is 2.53. The fraction of sp³-hybridized carbons (Fsp3) is 0.0909. The molecule has 76 valence electrons. The summed E-state index contributed by atoms with van der Waals surface area (Å²) in [6.07, 6.45) is 3.03. The van der Waals surface area contributed by atoms with Gasteiger partial charge >= 0.3 is 0 Å². The molecule has 2 N–H and O–H groups in total. The number of nitrogens with zero attached hydrogens (tertiary/aromatic N) is 2. The van der Waals surface area contributed by atoms with Crippen LogP contribution in [0.1, 0.15) is 5.56 Å². The van der Waals surface area contributed by atoms with Crippen molar-refractivity contribution >= 4 is 5.95 Å². The number of hydrogen-bond donors (Lipinski definition) is 1. The van der Waals surface area contributed by atoms with Crippen molar-refractivity contribution < 1.29 is 4.39 Å². The van der Waals surface area contributed by atoms with Gasteiger partial charge in [0.2, 0.25) is 5.95 Å². The molecule has 0 fully saturated rings. The van der Waals surface area contributed by atoms with Crippen LogP contribution in [0.25, 0.3) is 11.1 Å². The number of aromatic nitrogens is 2. The summed E-state index contributed by atoms with van der Waals surface area (Å²) < 4.78 is 13.5. The Labute approximate surface area is 86.8 Å². The Kier molecular flexibility index (Phi) is 2.33. The molecule has 0 radical (unpaired) electrons. The van der Waals surface area contributed by atoms with Gasteiger partial charge in [0.1, 0.15) is 5.82 Å². The number of nitrogens with two attached hydrogens (primary N) is 1. The fourth-order valence-electron chi connectivity index (χ4n) is 1.34. The molecule has 0 amide bonds. The maximum Gasteiger partial charge on any atom is 0.219 e. The summed E-state index contributed by atoms with van der Waals surface area (Å²) in [5.74, 6) is -0.0965.